The van der Waals surface area contributed by atoms with Gasteiger partial charge in [0.25, 0.3) is 0 Å². The van der Waals surface area contributed by atoms with E-state index in [-0.39, 0.29) is 31.3 Å². The van der Waals surface area contributed by atoms with Crippen molar-refractivity contribution in [3.05, 3.63) is 0 Å². The third-order valence-corrected chi connectivity index (χ3v) is 2.43. The highest BCUT2D eigenvalue weighted by molar-refractivity contribution is 5.94. The van der Waals surface area contributed by atoms with Crippen molar-refractivity contribution in [2.24, 2.45) is 10.7 Å². The van der Waals surface area contributed by atoms with Crippen LogP contribution in [-0.4, -0.2) is 47.2 Å². The van der Waals surface area contributed by atoms with Gasteiger partial charge in [0.1, 0.15) is 6.04 Å². The summed E-state index contributed by atoms with van der Waals surface area (Å²) in [6, 6.07) is -0.593. The van der Waals surface area contributed by atoms with E-state index < -0.39 is 11.6 Å². The third kappa shape index (κ3) is 7.69. The van der Waals surface area contributed by atoms with Crippen molar-refractivity contribution in [1.82, 2.24) is 5.32 Å². The van der Waals surface area contributed by atoms with Crippen molar-refractivity contribution >= 4 is 17.4 Å². The number of ketones is 1. The number of nitrogens with zero attached hydrogens (tertiary/aromatic N) is 1. The largest absolute Gasteiger partial charge is 0.395 e. The zero-order chi connectivity index (χ0) is 15.1. The van der Waals surface area contributed by atoms with Crippen LogP contribution in [0, 0.1) is 0 Å². The summed E-state index contributed by atoms with van der Waals surface area (Å²) in [4.78, 5) is 27.8. The molecule has 110 valence electrons. The highest BCUT2D eigenvalue weighted by Gasteiger charge is 2.30. The number of aliphatic hydroxyl groups excluding tert-OH is 1. The van der Waals surface area contributed by atoms with Gasteiger partial charge in [-0.15, -0.1) is 0 Å². The average molecular weight is 271 g/mol. The van der Waals surface area contributed by atoms with Crippen LogP contribution in [0.3, 0.4) is 0 Å². The number of nitrogens with one attached hydrogen (secondary N) is 1. The summed E-state index contributed by atoms with van der Waals surface area (Å²) in [7, 11) is 0. The minimum atomic E-state index is -0.967. The minimum Gasteiger partial charge on any atom is -0.395 e. The van der Waals surface area contributed by atoms with Gasteiger partial charge in [-0.2, -0.15) is 0 Å². The number of amides is 1. The lowest BCUT2D eigenvalue weighted by Gasteiger charge is -2.22. The maximum absolute atomic E-state index is 12.1. The lowest BCUT2D eigenvalue weighted by atomic mass is 9.92. The second kappa shape index (κ2) is 8.01. The Hall–Kier alpha value is -1.27. The number of hydrogen-bond acceptors (Lipinski definition) is 5. The van der Waals surface area contributed by atoms with Gasteiger partial charge in [-0.3, -0.25) is 14.6 Å². The normalized spacial score (nSPS) is 12.7. The van der Waals surface area contributed by atoms with Gasteiger partial charge < -0.3 is 16.2 Å². The number of nitrogens with two attached hydrogens (primary N) is 1. The molecular formula is C13H25N3O3. The maximum Gasteiger partial charge on any atom is 0.220 e. The van der Waals surface area contributed by atoms with Crippen LogP contribution in [0.5, 0.6) is 0 Å². The van der Waals surface area contributed by atoms with Crippen molar-refractivity contribution in [3.8, 4) is 0 Å². The smallest absolute Gasteiger partial charge is 0.220 e. The molecule has 4 N–H and O–H groups in total. The fourth-order valence-electron chi connectivity index (χ4n) is 1.55. The molecule has 0 spiro atoms. The number of hydrogen-bond donors (Lipinski definition) is 3. The predicted octanol–water partition coefficient (Wildman–Crippen LogP) is 0.0309. The minimum absolute atomic E-state index is 0.101. The molecule has 0 aliphatic rings. The predicted molar refractivity (Wildman–Crippen MR) is 75.2 cm³/mol. The summed E-state index contributed by atoms with van der Waals surface area (Å²) >= 11 is 0. The van der Waals surface area contributed by atoms with Crippen molar-refractivity contribution in [2.45, 2.75) is 52.1 Å². The van der Waals surface area contributed by atoms with E-state index in [2.05, 4.69) is 10.3 Å². The van der Waals surface area contributed by atoms with E-state index in [1.54, 1.807) is 27.7 Å². The summed E-state index contributed by atoms with van der Waals surface area (Å²) in [5, 5.41) is 11.1. The van der Waals surface area contributed by atoms with Gasteiger partial charge in [0, 0.05) is 18.7 Å². The van der Waals surface area contributed by atoms with Crippen LogP contribution in [0.25, 0.3) is 0 Å². The highest BCUT2D eigenvalue weighted by Crippen LogP contribution is 2.12. The second-order valence-electron chi connectivity index (χ2n) is 5.29. The number of aliphatic hydroxyl groups is 1. The maximum atomic E-state index is 12.1. The molecule has 1 amide bonds. The molecule has 6 nitrogen and oxygen atoms in total. The van der Waals surface area contributed by atoms with Gasteiger partial charge in [0.05, 0.1) is 12.1 Å². The first-order valence-corrected chi connectivity index (χ1v) is 6.40. The molecule has 0 aromatic rings. The van der Waals surface area contributed by atoms with Crippen LogP contribution >= 0.6 is 0 Å². The number of rotatable bonds is 8. The fourth-order valence-corrected chi connectivity index (χ4v) is 1.55. The Kier molecular flexibility index (Phi) is 7.48. The fraction of sp³-hybridized carbons (Fsp3) is 0.769. The molecular weight excluding hydrogens is 246 g/mol. The highest BCUT2D eigenvalue weighted by atomic mass is 16.3. The third-order valence-electron chi connectivity index (χ3n) is 2.43. The van der Waals surface area contributed by atoms with Crippen LogP contribution < -0.4 is 11.1 Å². The molecule has 0 fully saturated rings. The molecule has 0 heterocycles. The van der Waals surface area contributed by atoms with Crippen LogP contribution in [0.2, 0.25) is 0 Å². The molecule has 0 aromatic heterocycles. The molecule has 0 aliphatic carbocycles. The Morgan fingerprint density at radius 1 is 1.37 bits per heavy atom. The van der Waals surface area contributed by atoms with E-state index in [4.69, 9.17) is 10.8 Å². The molecule has 0 bridgehead atoms. The summed E-state index contributed by atoms with van der Waals surface area (Å²) in [5.74, 6) is -0.380. The number of carbonyl (C=O) groups is 2. The van der Waals surface area contributed by atoms with Crippen LogP contribution in [-0.2, 0) is 9.59 Å². The molecule has 0 aliphatic heterocycles. The number of Topliss-reactive ketones (excluding diaryl/α,β-unsaturated/α-hetero) is 1. The van der Waals surface area contributed by atoms with E-state index in [0.717, 1.165) is 5.71 Å². The molecule has 0 radical (unpaired) electrons. The van der Waals surface area contributed by atoms with Crippen LogP contribution in [0.1, 0.15) is 40.5 Å². The Labute approximate surface area is 114 Å². The first-order chi connectivity index (χ1) is 8.68. The molecule has 0 aromatic carbocycles. The molecule has 0 saturated heterocycles. The van der Waals surface area contributed by atoms with Gasteiger partial charge >= 0.3 is 0 Å². The summed E-state index contributed by atoms with van der Waals surface area (Å²) < 4.78 is 0. The molecule has 0 saturated carbocycles. The Morgan fingerprint density at radius 3 is 2.37 bits per heavy atom. The topological polar surface area (TPSA) is 105 Å². The second-order valence-corrected chi connectivity index (χ2v) is 5.29. The first kappa shape index (κ1) is 17.7. The van der Waals surface area contributed by atoms with Gasteiger partial charge in [0.2, 0.25) is 5.91 Å². The first-order valence-electron chi connectivity index (χ1n) is 6.40. The molecule has 0 rings (SSSR count). The van der Waals surface area contributed by atoms with E-state index in [0.29, 0.717) is 6.42 Å². The summed E-state index contributed by atoms with van der Waals surface area (Å²) in [6.07, 6.45) is 0.505. The zero-order valence-electron chi connectivity index (χ0n) is 12.2. The SMILES string of the molecule is CC(C)=NC(CCC(=O)NCCO)C(=O)C(C)(C)N. The average Bonchev–Trinajstić information content (AvgIpc) is 2.29. The number of carbonyl (C=O) groups excluding carboxylic acids is 2. The lowest BCUT2D eigenvalue weighted by Crippen LogP contribution is -2.47. The van der Waals surface area contributed by atoms with Gasteiger partial charge in [-0.1, -0.05) is 0 Å². The Morgan fingerprint density at radius 2 is 1.95 bits per heavy atom. The standard InChI is InChI=1S/C13H25N3O3/c1-9(2)16-10(12(19)13(3,4)14)5-6-11(18)15-7-8-17/h10,17H,5-8,14H2,1-4H3,(H,15,18). The van der Waals surface area contributed by atoms with Crippen molar-refractivity contribution < 1.29 is 14.7 Å². The Balaban J connectivity index is 4.59. The van der Waals surface area contributed by atoms with E-state index in [1.165, 1.54) is 0 Å². The summed E-state index contributed by atoms with van der Waals surface area (Å²) in [5.41, 5.74) is 5.60. The molecule has 19 heavy (non-hydrogen) atoms. The Bertz CT molecular complexity index is 342. The molecule has 6 heteroatoms. The van der Waals surface area contributed by atoms with Crippen molar-refractivity contribution in [3.63, 3.8) is 0 Å². The quantitative estimate of drug-likeness (QED) is 0.542. The monoisotopic (exact) mass is 271 g/mol. The van der Waals surface area contributed by atoms with E-state index in [1.807, 2.05) is 0 Å². The van der Waals surface area contributed by atoms with Crippen LogP contribution in [0.15, 0.2) is 4.99 Å². The van der Waals surface area contributed by atoms with Gasteiger partial charge in [-0.25, -0.2) is 0 Å². The summed E-state index contributed by atoms with van der Waals surface area (Å²) in [6.45, 7) is 6.99. The number of aliphatic imine (C=N–C) groups is 1. The lowest BCUT2D eigenvalue weighted by molar-refractivity contribution is -0.125. The van der Waals surface area contributed by atoms with Gasteiger partial charge in [0.15, 0.2) is 5.78 Å². The zero-order valence-corrected chi connectivity index (χ0v) is 12.2. The van der Waals surface area contributed by atoms with Gasteiger partial charge in [-0.05, 0) is 34.1 Å². The van der Waals surface area contributed by atoms with E-state index in [9.17, 15) is 9.59 Å². The van der Waals surface area contributed by atoms with Crippen LogP contribution in [0.4, 0.5) is 0 Å². The van der Waals surface area contributed by atoms with Crippen molar-refractivity contribution in [2.75, 3.05) is 13.2 Å². The van der Waals surface area contributed by atoms with E-state index >= 15 is 0 Å². The molecule has 1 atom stereocenters. The molecule has 1 unspecified atom stereocenters. The van der Waals surface area contributed by atoms with Crippen molar-refractivity contribution in [1.29, 1.82) is 0 Å².